The van der Waals surface area contributed by atoms with Gasteiger partial charge in [0.1, 0.15) is 6.04 Å². The number of thiazole rings is 1. The highest BCUT2D eigenvalue weighted by molar-refractivity contribution is 7.18. The number of nitrogens with two attached hydrogens (primary N) is 1. The van der Waals surface area contributed by atoms with Crippen molar-refractivity contribution < 1.29 is 9.59 Å². The molecule has 2 atom stereocenters. The third-order valence-electron chi connectivity index (χ3n) is 5.57. The van der Waals surface area contributed by atoms with Gasteiger partial charge in [-0.1, -0.05) is 57.6 Å². The molecule has 1 aliphatic rings. The van der Waals surface area contributed by atoms with Crippen LogP contribution >= 0.6 is 22.9 Å². The highest BCUT2D eigenvalue weighted by Gasteiger charge is 2.26. The molecule has 1 aromatic carbocycles. The molecule has 1 aliphatic carbocycles. The molecule has 3 rings (SSSR count). The Kier molecular flexibility index (Phi) is 8.08. The first-order valence-electron chi connectivity index (χ1n) is 10.7. The van der Waals surface area contributed by atoms with Gasteiger partial charge in [-0.15, -0.1) is 11.3 Å². The Morgan fingerprint density at radius 1 is 1.20 bits per heavy atom. The van der Waals surface area contributed by atoms with E-state index in [4.69, 9.17) is 17.3 Å². The van der Waals surface area contributed by atoms with E-state index < -0.39 is 12.2 Å². The highest BCUT2D eigenvalue weighted by Crippen LogP contribution is 2.27. The molecule has 1 fully saturated rings. The van der Waals surface area contributed by atoms with Crippen molar-refractivity contribution in [2.24, 2.45) is 17.6 Å². The number of aromatic nitrogens is 1. The number of benzene rings is 1. The van der Waals surface area contributed by atoms with E-state index in [1.807, 2.05) is 12.1 Å². The summed E-state index contributed by atoms with van der Waals surface area (Å²) in [7, 11) is 0. The topological polar surface area (TPSA) is 97.1 Å². The standard InChI is InChI=1S/C22H31ClN4O2S/c1-13(2)21(28)26-17(12-20-25-16-9-8-15(23)11-18(16)30-20)22(29)27-19(24)10-14-6-4-3-5-7-14/h8-9,11,13-14,17,19H,3-7,10,12,24H2,1-2H3,(H,26,28)(H,27,29). The second kappa shape index (κ2) is 10.6. The van der Waals surface area contributed by atoms with Gasteiger partial charge in [0, 0.05) is 17.4 Å². The van der Waals surface area contributed by atoms with E-state index in [1.54, 1.807) is 19.9 Å². The van der Waals surface area contributed by atoms with Crippen LogP contribution in [0.25, 0.3) is 10.2 Å². The first-order chi connectivity index (χ1) is 14.3. The summed E-state index contributed by atoms with van der Waals surface area (Å²) in [6.45, 7) is 3.61. The Hall–Kier alpha value is -1.70. The summed E-state index contributed by atoms with van der Waals surface area (Å²) in [6, 6.07) is 4.80. The number of rotatable bonds is 8. The molecular formula is C22H31ClN4O2S. The molecule has 0 aliphatic heterocycles. The van der Waals surface area contributed by atoms with Crippen molar-refractivity contribution in [3.05, 3.63) is 28.2 Å². The summed E-state index contributed by atoms with van der Waals surface area (Å²) in [4.78, 5) is 29.9. The van der Waals surface area contributed by atoms with E-state index in [1.165, 1.54) is 43.4 Å². The van der Waals surface area contributed by atoms with Gasteiger partial charge in [0.25, 0.3) is 0 Å². The van der Waals surface area contributed by atoms with Crippen molar-refractivity contribution >= 4 is 45.0 Å². The van der Waals surface area contributed by atoms with Crippen molar-refractivity contribution in [1.29, 1.82) is 0 Å². The number of hydrogen-bond acceptors (Lipinski definition) is 5. The SMILES string of the molecule is CC(C)C(=O)NC(Cc1nc2ccc(Cl)cc2s1)C(=O)NC(N)CC1CCCCC1. The van der Waals surface area contributed by atoms with Crippen LogP contribution in [-0.2, 0) is 16.0 Å². The van der Waals surface area contributed by atoms with Crippen LogP contribution in [0.15, 0.2) is 18.2 Å². The van der Waals surface area contributed by atoms with Gasteiger partial charge in [-0.05, 0) is 30.5 Å². The summed E-state index contributed by atoms with van der Waals surface area (Å²) in [5, 5.41) is 7.20. The second-order valence-electron chi connectivity index (χ2n) is 8.49. The number of carbonyl (C=O) groups is 2. The van der Waals surface area contributed by atoms with Crippen LogP contribution in [0.2, 0.25) is 5.02 Å². The second-order valence-corrected chi connectivity index (χ2v) is 10.0. The zero-order valence-electron chi connectivity index (χ0n) is 17.6. The third-order valence-corrected chi connectivity index (χ3v) is 6.85. The fourth-order valence-electron chi connectivity index (χ4n) is 3.88. The van der Waals surface area contributed by atoms with Crippen molar-refractivity contribution in [2.45, 2.75) is 71.0 Å². The smallest absolute Gasteiger partial charge is 0.244 e. The molecule has 164 valence electrons. The maximum Gasteiger partial charge on any atom is 0.244 e. The van der Waals surface area contributed by atoms with Crippen molar-refractivity contribution in [2.75, 3.05) is 0 Å². The first-order valence-corrected chi connectivity index (χ1v) is 11.9. The molecule has 1 aromatic heterocycles. The molecule has 8 heteroatoms. The van der Waals surface area contributed by atoms with Crippen LogP contribution in [0.5, 0.6) is 0 Å². The predicted octanol–water partition coefficient (Wildman–Crippen LogP) is 4.00. The molecule has 2 aromatic rings. The van der Waals surface area contributed by atoms with E-state index >= 15 is 0 Å². The van der Waals surface area contributed by atoms with Crippen LogP contribution in [0.3, 0.4) is 0 Å². The van der Waals surface area contributed by atoms with E-state index in [0.29, 0.717) is 17.4 Å². The van der Waals surface area contributed by atoms with E-state index in [0.717, 1.165) is 21.6 Å². The van der Waals surface area contributed by atoms with Gasteiger partial charge in [-0.2, -0.15) is 0 Å². The molecule has 6 nitrogen and oxygen atoms in total. The third kappa shape index (κ3) is 6.40. The lowest BCUT2D eigenvalue weighted by Gasteiger charge is -2.26. The summed E-state index contributed by atoms with van der Waals surface area (Å²) >= 11 is 7.55. The normalized spacial score (nSPS) is 17.1. The van der Waals surface area contributed by atoms with Gasteiger partial charge in [0.2, 0.25) is 11.8 Å². The molecule has 2 amide bonds. The van der Waals surface area contributed by atoms with Crippen LogP contribution in [-0.4, -0.2) is 29.0 Å². The van der Waals surface area contributed by atoms with Gasteiger partial charge < -0.3 is 16.4 Å². The maximum absolute atomic E-state index is 13.0. The zero-order valence-corrected chi connectivity index (χ0v) is 19.2. The molecule has 0 spiro atoms. The molecule has 0 saturated heterocycles. The molecule has 1 saturated carbocycles. The summed E-state index contributed by atoms with van der Waals surface area (Å²) in [5.74, 6) is -0.0816. The van der Waals surface area contributed by atoms with E-state index in [-0.39, 0.29) is 17.7 Å². The van der Waals surface area contributed by atoms with Gasteiger partial charge in [-0.25, -0.2) is 4.98 Å². The number of nitrogens with one attached hydrogen (secondary N) is 2. The van der Waals surface area contributed by atoms with Crippen molar-refractivity contribution in [1.82, 2.24) is 15.6 Å². The van der Waals surface area contributed by atoms with Crippen LogP contribution < -0.4 is 16.4 Å². The number of carbonyl (C=O) groups excluding carboxylic acids is 2. The lowest BCUT2D eigenvalue weighted by Crippen LogP contribution is -2.54. The van der Waals surface area contributed by atoms with Gasteiger partial charge in [0.05, 0.1) is 21.4 Å². The number of fused-ring (bicyclic) bond motifs is 1. The zero-order chi connectivity index (χ0) is 21.7. The van der Waals surface area contributed by atoms with Crippen LogP contribution in [0.1, 0.15) is 57.4 Å². The fourth-order valence-corrected chi connectivity index (χ4v) is 5.17. The average Bonchev–Trinajstić information content (AvgIpc) is 3.09. The molecule has 4 N–H and O–H groups in total. The Balaban J connectivity index is 1.68. The maximum atomic E-state index is 13.0. The van der Waals surface area contributed by atoms with Gasteiger partial charge >= 0.3 is 0 Å². The fraction of sp³-hybridized carbons (Fsp3) is 0.591. The van der Waals surface area contributed by atoms with Crippen molar-refractivity contribution in [3.63, 3.8) is 0 Å². The number of halogens is 1. The lowest BCUT2D eigenvalue weighted by atomic mass is 9.86. The molecule has 0 bridgehead atoms. The Bertz CT molecular complexity index is 879. The Morgan fingerprint density at radius 3 is 2.63 bits per heavy atom. The summed E-state index contributed by atoms with van der Waals surface area (Å²) in [6.07, 6.45) is 6.78. The van der Waals surface area contributed by atoms with Crippen LogP contribution in [0.4, 0.5) is 0 Å². The minimum atomic E-state index is -0.714. The summed E-state index contributed by atoms with van der Waals surface area (Å²) in [5.41, 5.74) is 7.07. The minimum absolute atomic E-state index is 0.167. The van der Waals surface area contributed by atoms with Crippen LogP contribution in [0, 0.1) is 11.8 Å². The quantitative estimate of drug-likeness (QED) is 0.529. The van der Waals surface area contributed by atoms with E-state index in [9.17, 15) is 9.59 Å². The highest BCUT2D eigenvalue weighted by atomic mass is 35.5. The molecule has 1 heterocycles. The van der Waals surface area contributed by atoms with Crippen molar-refractivity contribution in [3.8, 4) is 0 Å². The Labute approximate surface area is 187 Å². The van der Waals surface area contributed by atoms with Gasteiger partial charge in [-0.3, -0.25) is 9.59 Å². The molecular weight excluding hydrogens is 420 g/mol. The number of nitrogens with zero attached hydrogens (tertiary/aromatic N) is 1. The predicted molar refractivity (Wildman–Crippen MR) is 122 cm³/mol. The first kappa shape index (κ1) is 23.0. The molecule has 30 heavy (non-hydrogen) atoms. The monoisotopic (exact) mass is 450 g/mol. The lowest BCUT2D eigenvalue weighted by molar-refractivity contribution is -0.131. The molecule has 2 unspecified atom stereocenters. The largest absolute Gasteiger partial charge is 0.344 e. The molecule has 0 radical (unpaired) electrons. The number of amides is 2. The average molecular weight is 451 g/mol. The van der Waals surface area contributed by atoms with E-state index in [2.05, 4.69) is 15.6 Å². The number of hydrogen-bond donors (Lipinski definition) is 3. The summed E-state index contributed by atoms with van der Waals surface area (Å²) < 4.78 is 0.959. The minimum Gasteiger partial charge on any atom is -0.344 e. The van der Waals surface area contributed by atoms with Gasteiger partial charge in [0.15, 0.2) is 0 Å². The Morgan fingerprint density at radius 2 is 1.93 bits per heavy atom.